The van der Waals surface area contributed by atoms with Crippen molar-refractivity contribution in [2.75, 3.05) is 18.0 Å². The topological polar surface area (TPSA) is 84.7 Å². The van der Waals surface area contributed by atoms with Crippen molar-refractivity contribution < 1.29 is 14.3 Å². The number of hydrogen-bond acceptors (Lipinski definition) is 4. The smallest absolute Gasteiger partial charge is 0.414 e. The van der Waals surface area contributed by atoms with Crippen LogP contribution in [-0.2, 0) is 22.5 Å². The van der Waals surface area contributed by atoms with Crippen LogP contribution in [-0.4, -0.2) is 30.7 Å². The number of nitrogens with two attached hydrogens (primary N) is 1. The van der Waals surface area contributed by atoms with Gasteiger partial charge in [0.1, 0.15) is 5.60 Å². The normalized spacial score (nSPS) is 13.8. The fourth-order valence-corrected chi connectivity index (χ4v) is 2.61. The van der Waals surface area contributed by atoms with Crippen molar-refractivity contribution in [2.45, 2.75) is 45.8 Å². The Hall–Kier alpha value is -2.08. The second-order valence-electron chi connectivity index (χ2n) is 6.70. The second-order valence-corrected chi connectivity index (χ2v) is 6.70. The van der Waals surface area contributed by atoms with Crippen molar-refractivity contribution in [1.82, 2.24) is 5.32 Å². The van der Waals surface area contributed by atoms with Crippen LogP contribution in [0, 0.1) is 0 Å². The van der Waals surface area contributed by atoms with Gasteiger partial charge in [-0.25, -0.2) is 4.79 Å². The third kappa shape index (κ3) is 4.69. The molecule has 1 aromatic rings. The molecule has 0 aromatic heterocycles. The van der Waals surface area contributed by atoms with Crippen molar-refractivity contribution in [3.8, 4) is 0 Å². The maximum atomic E-state index is 12.4. The Labute approximate surface area is 137 Å². The lowest BCUT2D eigenvalue weighted by Gasteiger charge is -2.26. The van der Waals surface area contributed by atoms with Crippen LogP contribution >= 0.6 is 0 Å². The van der Waals surface area contributed by atoms with E-state index in [0.717, 1.165) is 23.2 Å². The van der Waals surface area contributed by atoms with Crippen LogP contribution in [0.2, 0.25) is 0 Å². The molecule has 1 aliphatic heterocycles. The Morgan fingerprint density at radius 2 is 2.09 bits per heavy atom. The zero-order valence-electron chi connectivity index (χ0n) is 14.0. The summed E-state index contributed by atoms with van der Waals surface area (Å²) in [6.45, 7) is 7.31. The summed E-state index contributed by atoms with van der Waals surface area (Å²) in [5, 5.41) is 3.19. The minimum atomic E-state index is -0.519. The number of fused-ring (bicyclic) bond motifs is 1. The summed E-state index contributed by atoms with van der Waals surface area (Å²) in [7, 11) is 0. The van der Waals surface area contributed by atoms with Gasteiger partial charge in [0.15, 0.2) is 0 Å². The first-order chi connectivity index (χ1) is 10.8. The van der Waals surface area contributed by atoms with Gasteiger partial charge in [0, 0.05) is 26.1 Å². The number of para-hydroxylation sites is 1. The first-order valence-corrected chi connectivity index (χ1v) is 7.88. The zero-order chi connectivity index (χ0) is 17.0. The molecule has 1 heterocycles. The molecule has 0 unspecified atom stereocenters. The van der Waals surface area contributed by atoms with Crippen LogP contribution < -0.4 is 16.0 Å². The van der Waals surface area contributed by atoms with Gasteiger partial charge in [0.2, 0.25) is 5.91 Å². The van der Waals surface area contributed by atoms with E-state index in [1.807, 2.05) is 39.0 Å². The number of nitrogens with zero attached hydrogens (tertiary/aromatic N) is 1. The fourth-order valence-electron chi connectivity index (χ4n) is 2.61. The highest BCUT2D eigenvalue weighted by Crippen LogP contribution is 2.33. The predicted molar refractivity (Wildman–Crippen MR) is 89.2 cm³/mol. The molecule has 0 aliphatic carbocycles. The maximum Gasteiger partial charge on any atom is 0.414 e. The lowest BCUT2D eigenvalue weighted by molar-refractivity contribution is -0.117. The lowest BCUT2D eigenvalue weighted by atomic mass is 10.1. The van der Waals surface area contributed by atoms with Gasteiger partial charge in [-0.1, -0.05) is 18.2 Å². The Morgan fingerprint density at radius 1 is 1.35 bits per heavy atom. The van der Waals surface area contributed by atoms with Crippen molar-refractivity contribution in [3.63, 3.8) is 0 Å². The Balaban J connectivity index is 2.10. The standard InChI is InChI=1S/C17H25N3O3/c1-17(2,3)23-16(22)20-10-8-12-5-4-6-13(15(12)20)11-19-9-7-14(18)21/h4-6,19H,7-11H2,1-3H3,(H2,18,21). The van der Waals surface area contributed by atoms with Crippen LogP contribution in [0.25, 0.3) is 0 Å². The number of primary amides is 1. The molecule has 6 nitrogen and oxygen atoms in total. The molecular weight excluding hydrogens is 294 g/mol. The number of anilines is 1. The quantitative estimate of drug-likeness (QED) is 0.812. The molecular formula is C17H25N3O3. The zero-order valence-corrected chi connectivity index (χ0v) is 14.0. The molecule has 0 bridgehead atoms. The molecule has 1 aliphatic rings. The predicted octanol–water partition coefficient (Wildman–Crippen LogP) is 1.95. The summed E-state index contributed by atoms with van der Waals surface area (Å²) in [4.78, 5) is 24.9. The number of hydrogen-bond donors (Lipinski definition) is 2. The summed E-state index contributed by atoms with van der Waals surface area (Å²) in [5.74, 6) is -0.328. The van der Waals surface area contributed by atoms with E-state index in [2.05, 4.69) is 5.32 Å². The average molecular weight is 319 g/mol. The second kappa shape index (κ2) is 7.00. The average Bonchev–Trinajstić information content (AvgIpc) is 2.86. The molecule has 3 N–H and O–H groups in total. The molecule has 0 saturated heterocycles. The van der Waals surface area contributed by atoms with Crippen LogP contribution in [0.4, 0.5) is 10.5 Å². The number of benzene rings is 1. The van der Waals surface area contributed by atoms with Crippen molar-refractivity contribution in [3.05, 3.63) is 29.3 Å². The number of carbonyl (C=O) groups is 2. The Morgan fingerprint density at radius 3 is 2.74 bits per heavy atom. The van der Waals surface area contributed by atoms with E-state index in [-0.39, 0.29) is 12.0 Å². The van der Waals surface area contributed by atoms with Crippen molar-refractivity contribution in [2.24, 2.45) is 5.73 Å². The minimum absolute atomic E-state index is 0.296. The SMILES string of the molecule is CC(C)(C)OC(=O)N1CCc2cccc(CNCCC(N)=O)c21. The number of nitrogens with one attached hydrogen (secondary N) is 1. The van der Waals surface area contributed by atoms with Gasteiger partial charge in [0.25, 0.3) is 0 Å². The summed E-state index contributed by atoms with van der Waals surface area (Å²) in [6.07, 6.45) is 0.801. The van der Waals surface area contributed by atoms with Gasteiger partial charge in [-0.3, -0.25) is 9.69 Å². The van der Waals surface area contributed by atoms with Crippen molar-refractivity contribution in [1.29, 1.82) is 0 Å². The van der Waals surface area contributed by atoms with Gasteiger partial charge in [-0.15, -0.1) is 0 Å². The third-order valence-electron chi connectivity index (χ3n) is 3.56. The number of ether oxygens (including phenoxy) is 1. The minimum Gasteiger partial charge on any atom is -0.443 e. The van der Waals surface area contributed by atoms with E-state index < -0.39 is 5.60 Å². The highest BCUT2D eigenvalue weighted by atomic mass is 16.6. The molecule has 23 heavy (non-hydrogen) atoms. The highest BCUT2D eigenvalue weighted by molar-refractivity contribution is 5.91. The fraction of sp³-hybridized carbons (Fsp3) is 0.529. The molecule has 1 aromatic carbocycles. The van der Waals surface area contributed by atoms with E-state index in [1.165, 1.54) is 0 Å². The van der Waals surface area contributed by atoms with Crippen LogP contribution in [0.15, 0.2) is 18.2 Å². The van der Waals surface area contributed by atoms with Crippen LogP contribution in [0.5, 0.6) is 0 Å². The summed E-state index contributed by atoms with van der Waals surface area (Å²) in [5.41, 5.74) is 7.71. The number of rotatable bonds is 5. The van der Waals surface area contributed by atoms with E-state index in [1.54, 1.807) is 4.90 Å². The van der Waals surface area contributed by atoms with Gasteiger partial charge >= 0.3 is 6.09 Å². The van der Waals surface area contributed by atoms with E-state index in [4.69, 9.17) is 10.5 Å². The molecule has 126 valence electrons. The molecule has 0 atom stereocenters. The highest BCUT2D eigenvalue weighted by Gasteiger charge is 2.30. The molecule has 0 radical (unpaired) electrons. The molecule has 2 amide bonds. The summed E-state index contributed by atoms with van der Waals surface area (Å²) in [6, 6.07) is 6.01. The van der Waals surface area contributed by atoms with Crippen LogP contribution in [0.3, 0.4) is 0 Å². The van der Waals surface area contributed by atoms with Gasteiger partial charge in [-0.05, 0) is 38.3 Å². The van der Waals surface area contributed by atoms with Gasteiger partial charge in [-0.2, -0.15) is 0 Å². The van der Waals surface area contributed by atoms with Gasteiger partial charge in [0.05, 0.1) is 5.69 Å². The lowest BCUT2D eigenvalue weighted by Crippen LogP contribution is -2.36. The number of carbonyl (C=O) groups excluding carboxylic acids is 2. The number of amides is 2. The molecule has 0 saturated carbocycles. The summed E-state index contributed by atoms with van der Waals surface area (Å²) < 4.78 is 5.50. The third-order valence-corrected chi connectivity index (χ3v) is 3.56. The van der Waals surface area contributed by atoms with Crippen LogP contribution in [0.1, 0.15) is 38.3 Å². The molecule has 2 rings (SSSR count). The van der Waals surface area contributed by atoms with E-state index in [0.29, 0.717) is 26.1 Å². The van der Waals surface area contributed by atoms with E-state index in [9.17, 15) is 9.59 Å². The van der Waals surface area contributed by atoms with E-state index >= 15 is 0 Å². The Bertz CT molecular complexity index is 593. The van der Waals surface area contributed by atoms with Gasteiger partial charge < -0.3 is 15.8 Å². The van der Waals surface area contributed by atoms with Crippen molar-refractivity contribution >= 4 is 17.7 Å². The summed E-state index contributed by atoms with van der Waals surface area (Å²) >= 11 is 0. The Kier molecular flexibility index (Phi) is 5.26. The monoisotopic (exact) mass is 319 g/mol. The maximum absolute atomic E-state index is 12.4. The largest absolute Gasteiger partial charge is 0.443 e. The molecule has 6 heteroatoms. The first kappa shape index (κ1) is 17.3. The molecule has 0 spiro atoms. The first-order valence-electron chi connectivity index (χ1n) is 7.88. The molecule has 0 fully saturated rings.